The second-order valence-electron chi connectivity index (χ2n) is 4.45. The van der Waals surface area contributed by atoms with Gasteiger partial charge >= 0.3 is 0 Å². The van der Waals surface area contributed by atoms with Crippen LogP contribution in [0.1, 0.15) is 18.4 Å². The van der Waals surface area contributed by atoms with Crippen LogP contribution >= 0.6 is 0 Å². The fourth-order valence-electron chi connectivity index (χ4n) is 2.03. The summed E-state index contributed by atoms with van der Waals surface area (Å²) in [6.07, 6.45) is 1.81. The number of hydrogen-bond donors (Lipinski definition) is 2. The van der Waals surface area contributed by atoms with Crippen molar-refractivity contribution in [2.24, 2.45) is 11.7 Å². The lowest BCUT2D eigenvalue weighted by Crippen LogP contribution is -2.30. The van der Waals surface area contributed by atoms with E-state index < -0.39 is 0 Å². The number of benzene rings is 1. The molecule has 1 unspecified atom stereocenters. The lowest BCUT2D eigenvalue weighted by molar-refractivity contribution is -0.123. The highest BCUT2D eigenvalue weighted by molar-refractivity contribution is 5.94. The number of carbonyl (C=O) groups excluding carboxylic acids is 1. The van der Waals surface area contributed by atoms with E-state index in [9.17, 15) is 4.79 Å². The number of anilines is 1. The Balaban J connectivity index is 2.07. The van der Waals surface area contributed by atoms with Crippen molar-refractivity contribution < 1.29 is 9.53 Å². The van der Waals surface area contributed by atoms with Crippen molar-refractivity contribution >= 4 is 11.6 Å². The molecule has 4 nitrogen and oxygen atoms in total. The minimum atomic E-state index is -0.0655. The van der Waals surface area contributed by atoms with Gasteiger partial charge in [-0.3, -0.25) is 4.79 Å². The van der Waals surface area contributed by atoms with Crippen molar-refractivity contribution in [3.8, 4) is 11.8 Å². The first-order chi connectivity index (χ1) is 9.31. The summed E-state index contributed by atoms with van der Waals surface area (Å²) in [7, 11) is 0. The third-order valence-corrected chi connectivity index (χ3v) is 3.04. The maximum atomic E-state index is 12.1. The van der Waals surface area contributed by atoms with Gasteiger partial charge in [0.1, 0.15) is 0 Å². The molecule has 0 bridgehead atoms. The van der Waals surface area contributed by atoms with Crippen LogP contribution in [0.25, 0.3) is 0 Å². The Morgan fingerprint density at radius 2 is 2.32 bits per heavy atom. The monoisotopic (exact) mass is 258 g/mol. The molecule has 1 amide bonds. The number of carbonyl (C=O) groups is 1. The van der Waals surface area contributed by atoms with Crippen LogP contribution in [0, 0.1) is 17.8 Å². The Hall–Kier alpha value is -1.83. The second kappa shape index (κ2) is 6.93. The summed E-state index contributed by atoms with van der Waals surface area (Å²) in [5.41, 5.74) is 6.89. The Morgan fingerprint density at radius 3 is 3.05 bits per heavy atom. The predicted octanol–water partition coefficient (Wildman–Crippen LogP) is 1.36. The van der Waals surface area contributed by atoms with Crippen LogP contribution in [-0.2, 0) is 9.53 Å². The van der Waals surface area contributed by atoms with E-state index >= 15 is 0 Å². The summed E-state index contributed by atoms with van der Waals surface area (Å²) < 4.78 is 5.33. The number of ether oxygens (including phenoxy) is 1. The van der Waals surface area contributed by atoms with Gasteiger partial charge in [-0.05, 0) is 25.0 Å². The predicted molar refractivity (Wildman–Crippen MR) is 74.5 cm³/mol. The summed E-state index contributed by atoms with van der Waals surface area (Å²) >= 11 is 0. The quantitative estimate of drug-likeness (QED) is 0.787. The van der Waals surface area contributed by atoms with Crippen LogP contribution in [0.2, 0.25) is 0 Å². The molecule has 3 N–H and O–H groups in total. The highest BCUT2D eigenvalue weighted by Crippen LogP contribution is 2.18. The van der Waals surface area contributed by atoms with Gasteiger partial charge < -0.3 is 15.8 Å². The van der Waals surface area contributed by atoms with Gasteiger partial charge in [-0.25, -0.2) is 0 Å². The van der Waals surface area contributed by atoms with Gasteiger partial charge in [0.05, 0.1) is 24.8 Å². The minimum Gasteiger partial charge on any atom is -0.381 e. The Bertz CT molecular complexity index is 496. The normalized spacial score (nSPS) is 18.3. The molecule has 1 heterocycles. The van der Waals surface area contributed by atoms with E-state index in [4.69, 9.17) is 10.5 Å². The smallest absolute Gasteiger partial charge is 0.229 e. The van der Waals surface area contributed by atoms with Crippen molar-refractivity contribution in [3.63, 3.8) is 0 Å². The van der Waals surface area contributed by atoms with E-state index in [0.29, 0.717) is 13.2 Å². The fraction of sp³-hybridized carbons (Fsp3) is 0.400. The van der Waals surface area contributed by atoms with Crippen molar-refractivity contribution in [3.05, 3.63) is 29.8 Å². The number of nitrogens with two attached hydrogens (primary N) is 1. The fourth-order valence-corrected chi connectivity index (χ4v) is 2.03. The topological polar surface area (TPSA) is 64.3 Å². The van der Waals surface area contributed by atoms with Crippen LogP contribution < -0.4 is 11.1 Å². The molecule has 1 aromatic rings. The molecule has 1 fully saturated rings. The van der Waals surface area contributed by atoms with Crippen LogP contribution in [0.15, 0.2) is 24.3 Å². The van der Waals surface area contributed by atoms with E-state index in [1.165, 1.54) is 0 Å². The number of hydrogen-bond acceptors (Lipinski definition) is 3. The van der Waals surface area contributed by atoms with Gasteiger partial charge in [-0.15, -0.1) is 0 Å². The molecule has 1 saturated heterocycles. The molecule has 0 aliphatic carbocycles. The molecule has 0 spiro atoms. The summed E-state index contributed by atoms with van der Waals surface area (Å²) in [4.78, 5) is 12.1. The summed E-state index contributed by atoms with van der Waals surface area (Å²) in [6, 6.07) is 7.48. The number of nitrogens with one attached hydrogen (secondary N) is 1. The zero-order valence-electron chi connectivity index (χ0n) is 10.8. The molecular formula is C15H18N2O2. The van der Waals surface area contributed by atoms with Gasteiger partial charge in [-0.1, -0.05) is 24.0 Å². The van der Waals surface area contributed by atoms with E-state index in [1.54, 1.807) is 0 Å². The first-order valence-corrected chi connectivity index (χ1v) is 6.48. The average Bonchev–Trinajstić information content (AvgIpc) is 2.47. The Labute approximate surface area is 113 Å². The van der Waals surface area contributed by atoms with Crippen LogP contribution in [0.5, 0.6) is 0 Å². The lowest BCUT2D eigenvalue weighted by atomic mass is 10.0. The van der Waals surface area contributed by atoms with Gasteiger partial charge in [0.2, 0.25) is 5.91 Å². The Kier molecular flexibility index (Phi) is 4.96. The maximum absolute atomic E-state index is 12.1. The molecule has 1 atom stereocenters. The molecule has 1 aromatic carbocycles. The van der Waals surface area contributed by atoms with Gasteiger partial charge in [-0.2, -0.15) is 0 Å². The summed E-state index contributed by atoms with van der Waals surface area (Å²) in [6.45, 7) is 1.56. The zero-order chi connectivity index (χ0) is 13.5. The van der Waals surface area contributed by atoms with E-state index in [1.807, 2.05) is 24.3 Å². The SMILES string of the molecule is NCC#Cc1ccccc1NC(=O)C1CCCOC1. The molecule has 0 aromatic heterocycles. The molecule has 0 radical (unpaired) electrons. The van der Waals surface area contributed by atoms with Gasteiger partial charge in [0.25, 0.3) is 0 Å². The average molecular weight is 258 g/mol. The molecule has 1 aliphatic heterocycles. The molecular weight excluding hydrogens is 240 g/mol. The van der Waals surface area contributed by atoms with E-state index in [2.05, 4.69) is 17.2 Å². The number of rotatable bonds is 2. The Morgan fingerprint density at radius 1 is 1.47 bits per heavy atom. The first kappa shape index (κ1) is 13.6. The van der Waals surface area contributed by atoms with E-state index in [0.717, 1.165) is 30.7 Å². The molecule has 19 heavy (non-hydrogen) atoms. The van der Waals surface area contributed by atoms with Crippen LogP contribution in [0.3, 0.4) is 0 Å². The molecule has 4 heteroatoms. The lowest BCUT2D eigenvalue weighted by Gasteiger charge is -2.21. The molecule has 0 saturated carbocycles. The summed E-state index contributed by atoms with van der Waals surface area (Å²) in [5, 5.41) is 2.93. The van der Waals surface area contributed by atoms with E-state index in [-0.39, 0.29) is 11.8 Å². The van der Waals surface area contributed by atoms with Crippen LogP contribution in [-0.4, -0.2) is 25.7 Å². The summed E-state index contributed by atoms with van der Waals surface area (Å²) in [5.74, 6) is 5.70. The van der Waals surface area contributed by atoms with Crippen molar-refractivity contribution in [1.82, 2.24) is 0 Å². The third kappa shape index (κ3) is 3.82. The first-order valence-electron chi connectivity index (χ1n) is 6.48. The maximum Gasteiger partial charge on any atom is 0.229 e. The largest absolute Gasteiger partial charge is 0.381 e. The standard InChI is InChI=1S/C15H18N2O2/c16-9-3-6-12-5-1-2-8-14(12)17-15(18)13-7-4-10-19-11-13/h1-2,5,8,13H,4,7,9-11,16H2,(H,17,18). The zero-order valence-corrected chi connectivity index (χ0v) is 10.8. The molecule has 100 valence electrons. The van der Waals surface area contributed by atoms with Crippen LogP contribution in [0.4, 0.5) is 5.69 Å². The van der Waals surface area contributed by atoms with Gasteiger partial charge in [0, 0.05) is 12.2 Å². The van der Waals surface area contributed by atoms with Crippen molar-refractivity contribution in [2.75, 3.05) is 25.1 Å². The van der Waals surface area contributed by atoms with Crippen molar-refractivity contribution in [1.29, 1.82) is 0 Å². The number of amides is 1. The van der Waals surface area contributed by atoms with Crippen molar-refractivity contribution in [2.45, 2.75) is 12.8 Å². The third-order valence-electron chi connectivity index (χ3n) is 3.04. The highest BCUT2D eigenvalue weighted by Gasteiger charge is 2.22. The molecule has 1 aliphatic rings. The second-order valence-corrected chi connectivity index (χ2v) is 4.45. The highest BCUT2D eigenvalue weighted by atomic mass is 16.5. The number of para-hydroxylation sites is 1. The molecule has 2 rings (SSSR count). The minimum absolute atomic E-state index is 0.00157. The van der Waals surface area contributed by atoms with Gasteiger partial charge in [0.15, 0.2) is 0 Å².